The van der Waals surface area contributed by atoms with Crippen LogP contribution < -0.4 is 11.1 Å². The van der Waals surface area contributed by atoms with Gasteiger partial charge in [-0.2, -0.15) is 0 Å². The smallest absolute Gasteiger partial charge is 0.237 e. The topological polar surface area (TPSA) is 55.1 Å². The molecule has 0 aliphatic carbocycles. The molecule has 0 fully saturated rings. The number of anilines is 2. The lowest BCUT2D eigenvalue weighted by molar-refractivity contribution is -0.115. The number of nitrogens with two attached hydrogens (primary N) is 1. The van der Waals surface area contributed by atoms with Crippen molar-refractivity contribution >= 4 is 52.2 Å². The summed E-state index contributed by atoms with van der Waals surface area (Å²) >= 11 is 13.2. The first-order valence-electron chi connectivity index (χ1n) is 6.24. The summed E-state index contributed by atoms with van der Waals surface area (Å²) in [6.45, 7) is 1.83. The van der Waals surface area contributed by atoms with Crippen LogP contribution in [0.25, 0.3) is 0 Å². The van der Waals surface area contributed by atoms with Crippen LogP contribution in [0.1, 0.15) is 6.92 Å². The molecule has 1 amide bonds. The average molecular weight is 341 g/mol. The van der Waals surface area contributed by atoms with Gasteiger partial charge in [0.15, 0.2) is 0 Å². The molecule has 3 nitrogen and oxygen atoms in total. The largest absolute Gasteiger partial charge is 0.397 e. The fourth-order valence-corrected chi connectivity index (χ4v) is 3.04. The monoisotopic (exact) mass is 340 g/mol. The first-order chi connectivity index (χ1) is 9.95. The predicted octanol–water partition coefficient (Wildman–Crippen LogP) is 4.69. The van der Waals surface area contributed by atoms with Gasteiger partial charge < -0.3 is 11.1 Å². The summed E-state index contributed by atoms with van der Waals surface area (Å²) in [6.07, 6.45) is 0. The fraction of sp³-hybridized carbons (Fsp3) is 0.133. The van der Waals surface area contributed by atoms with E-state index in [1.165, 1.54) is 11.8 Å². The Balaban J connectivity index is 2.02. The van der Waals surface area contributed by atoms with E-state index in [1.54, 1.807) is 24.3 Å². The molecule has 21 heavy (non-hydrogen) atoms. The molecule has 0 heterocycles. The third-order valence-corrected chi connectivity index (χ3v) is 4.31. The van der Waals surface area contributed by atoms with Crippen molar-refractivity contribution in [3.8, 4) is 0 Å². The maximum Gasteiger partial charge on any atom is 0.237 e. The predicted molar refractivity (Wildman–Crippen MR) is 91.3 cm³/mol. The van der Waals surface area contributed by atoms with Crippen molar-refractivity contribution in [3.63, 3.8) is 0 Å². The molecule has 2 rings (SSSR count). The minimum atomic E-state index is -0.279. The maximum absolute atomic E-state index is 12.2. The standard InChI is InChI=1S/C15H14Cl2N2OS/c1-9(21-12-4-2-3-10(16)7-12)15(20)19-14-6-5-11(17)8-13(14)18/h2-9H,18H2,1H3,(H,19,20). The maximum atomic E-state index is 12.2. The van der Waals surface area contributed by atoms with Gasteiger partial charge in [-0.15, -0.1) is 11.8 Å². The van der Waals surface area contributed by atoms with Crippen LogP contribution in [-0.2, 0) is 4.79 Å². The SMILES string of the molecule is CC(Sc1cccc(Cl)c1)C(=O)Nc1ccc(Cl)cc1N. The van der Waals surface area contributed by atoms with E-state index in [0.29, 0.717) is 21.4 Å². The number of hydrogen-bond donors (Lipinski definition) is 2. The molecule has 1 unspecified atom stereocenters. The quantitative estimate of drug-likeness (QED) is 0.626. The Morgan fingerprint density at radius 1 is 1.19 bits per heavy atom. The van der Waals surface area contributed by atoms with Gasteiger partial charge in [-0.3, -0.25) is 4.79 Å². The van der Waals surface area contributed by atoms with Gasteiger partial charge in [-0.25, -0.2) is 0 Å². The molecule has 6 heteroatoms. The highest BCUT2D eigenvalue weighted by molar-refractivity contribution is 8.00. The first-order valence-corrected chi connectivity index (χ1v) is 7.87. The number of hydrogen-bond acceptors (Lipinski definition) is 3. The van der Waals surface area contributed by atoms with Crippen molar-refractivity contribution in [2.75, 3.05) is 11.1 Å². The number of benzene rings is 2. The van der Waals surface area contributed by atoms with Gasteiger partial charge in [0.2, 0.25) is 5.91 Å². The van der Waals surface area contributed by atoms with Gasteiger partial charge >= 0.3 is 0 Å². The highest BCUT2D eigenvalue weighted by Gasteiger charge is 2.15. The van der Waals surface area contributed by atoms with Crippen LogP contribution in [0.3, 0.4) is 0 Å². The minimum Gasteiger partial charge on any atom is -0.397 e. The molecule has 0 aliphatic rings. The van der Waals surface area contributed by atoms with Gasteiger partial charge in [0.1, 0.15) is 0 Å². The zero-order chi connectivity index (χ0) is 15.4. The second-order valence-corrected chi connectivity index (χ2v) is 6.73. The van der Waals surface area contributed by atoms with Crippen molar-refractivity contribution in [3.05, 3.63) is 52.5 Å². The van der Waals surface area contributed by atoms with Crippen molar-refractivity contribution in [2.45, 2.75) is 17.1 Å². The number of carbonyl (C=O) groups is 1. The molecule has 1 atom stereocenters. The average Bonchev–Trinajstić information content (AvgIpc) is 2.41. The number of nitrogen functional groups attached to an aromatic ring is 1. The Hall–Kier alpha value is -1.36. The van der Waals surface area contributed by atoms with Crippen LogP contribution in [-0.4, -0.2) is 11.2 Å². The van der Waals surface area contributed by atoms with Crippen molar-refractivity contribution < 1.29 is 4.79 Å². The lowest BCUT2D eigenvalue weighted by atomic mass is 10.2. The van der Waals surface area contributed by atoms with E-state index in [2.05, 4.69) is 5.32 Å². The minimum absolute atomic E-state index is 0.131. The number of thioether (sulfide) groups is 1. The van der Waals surface area contributed by atoms with E-state index >= 15 is 0 Å². The molecule has 0 aromatic heterocycles. The number of halogens is 2. The Kier molecular flexibility index (Phi) is 5.39. The molecule has 0 spiro atoms. The molecule has 0 saturated carbocycles. The Labute approximate surface area is 137 Å². The van der Waals surface area contributed by atoms with Gasteiger partial charge in [0.05, 0.1) is 16.6 Å². The van der Waals surface area contributed by atoms with Gasteiger partial charge in [-0.05, 0) is 43.3 Å². The van der Waals surface area contributed by atoms with E-state index in [9.17, 15) is 4.79 Å². The Morgan fingerprint density at radius 3 is 2.57 bits per heavy atom. The van der Waals surface area contributed by atoms with E-state index in [0.717, 1.165) is 4.90 Å². The summed E-state index contributed by atoms with van der Waals surface area (Å²) in [5.41, 5.74) is 6.82. The summed E-state index contributed by atoms with van der Waals surface area (Å²) in [6, 6.07) is 12.4. The van der Waals surface area contributed by atoms with Gasteiger partial charge in [-0.1, -0.05) is 29.3 Å². The number of carbonyl (C=O) groups excluding carboxylic acids is 1. The second-order valence-electron chi connectivity index (χ2n) is 4.44. The van der Waals surface area contributed by atoms with E-state index < -0.39 is 0 Å². The summed E-state index contributed by atoms with van der Waals surface area (Å²) < 4.78 is 0. The molecule has 0 radical (unpaired) electrons. The lowest BCUT2D eigenvalue weighted by Gasteiger charge is -2.13. The van der Waals surface area contributed by atoms with Crippen molar-refractivity contribution in [1.82, 2.24) is 0 Å². The Morgan fingerprint density at radius 2 is 1.90 bits per heavy atom. The highest BCUT2D eigenvalue weighted by atomic mass is 35.5. The van der Waals surface area contributed by atoms with Crippen molar-refractivity contribution in [1.29, 1.82) is 0 Å². The third-order valence-electron chi connectivity index (χ3n) is 2.75. The van der Waals surface area contributed by atoms with Crippen LogP contribution in [0.15, 0.2) is 47.4 Å². The fourth-order valence-electron chi connectivity index (χ4n) is 1.68. The van der Waals surface area contributed by atoms with Crippen LogP contribution >= 0.6 is 35.0 Å². The second kappa shape index (κ2) is 7.07. The molecule has 110 valence electrons. The highest BCUT2D eigenvalue weighted by Crippen LogP contribution is 2.28. The zero-order valence-electron chi connectivity index (χ0n) is 11.3. The molecule has 2 aromatic carbocycles. The molecular weight excluding hydrogens is 327 g/mol. The molecule has 0 aliphatic heterocycles. The van der Waals surface area contributed by atoms with Crippen LogP contribution in [0.2, 0.25) is 10.0 Å². The van der Waals surface area contributed by atoms with Crippen molar-refractivity contribution in [2.24, 2.45) is 0 Å². The van der Waals surface area contributed by atoms with Gasteiger partial charge in [0.25, 0.3) is 0 Å². The van der Waals surface area contributed by atoms with E-state index in [1.807, 2.05) is 25.1 Å². The van der Waals surface area contributed by atoms with Crippen LogP contribution in [0.4, 0.5) is 11.4 Å². The summed E-state index contributed by atoms with van der Waals surface area (Å²) in [5.74, 6) is -0.131. The number of rotatable bonds is 4. The summed E-state index contributed by atoms with van der Waals surface area (Å²) in [4.78, 5) is 13.1. The molecule has 3 N–H and O–H groups in total. The van der Waals surface area contributed by atoms with Crippen LogP contribution in [0.5, 0.6) is 0 Å². The summed E-state index contributed by atoms with van der Waals surface area (Å²) in [5, 5.41) is 3.70. The van der Waals surface area contributed by atoms with E-state index in [-0.39, 0.29) is 11.2 Å². The zero-order valence-corrected chi connectivity index (χ0v) is 13.6. The molecule has 0 saturated heterocycles. The Bertz CT molecular complexity index is 664. The molecule has 0 bridgehead atoms. The number of nitrogens with one attached hydrogen (secondary N) is 1. The van der Waals surface area contributed by atoms with E-state index in [4.69, 9.17) is 28.9 Å². The first kappa shape index (κ1) is 16.0. The molecular formula is C15H14Cl2N2OS. The summed E-state index contributed by atoms with van der Waals surface area (Å²) in [7, 11) is 0. The third kappa shape index (κ3) is 4.56. The molecule has 2 aromatic rings. The van der Waals surface area contributed by atoms with Gasteiger partial charge in [0, 0.05) is 14.9 Å². The number of amides is 1. The lowest BCUT2D eigenvalue weighted by Crippen LogP contribution is -2.22. The normalized spacial score (nSPS) is 12.0. The van der Waals surface area contributed by atoms with Crippen LogP contribution in [0, 0.1) is 0 Å².